The molecule has 1 aliphatic rings. The van der Waals surface area contributed by atoms with Crippen molar-refractivity contribution in [1.29, 1.82) is 0 Å². The van der Waals surface area contributed by atoms with Crippen LogP contribution in [0.2, 0.25) is 0 Å². The molecule has 0 radical (unpaired) electrons. The van der Waals surface area contributed by atoms with E-state index >= 15 is 0 Å². The fourth-order valence-electron chi connectivity index (χ4n) is 3.82. The number of anilines is 2. The number of rotatable bonds is 11. The van der Waals surface area contributed by atoms with Crippen molar-refractivity contribution in [2.75, 3.05) is 56.2 Å². The van der Waals surface area contributed by atoms with Gasteiger partial charge in [0.05, 0.1) is 36.1 Å². The fourth-order valence-corrected chi connectivity index (χ4v) is 5.26. The van der Waals surface area contributed by atoms with Gasteiger partial charge in [-0.1, -0.05) is 17.7 Å². The molecule has 186 valence electrons. The predicted molar refractivity (Wildman–Crippen MR) is 134 cm³/mol. The van der Waals surface area contributed by atoms with Crippen molar-refractivity contribution in [1.82, 2.24) is 4.31 Å². The summed E-state index contributed by atoms with van der Waals surface area (Å²) >= 11 is 0. The molecule has 9 heteroatoms. The van der Waals surface area contributed by atoms with Gasteiger partial charge in [0.25, 0.3) is 0 Å². The van der Waals surface area contributed by atoms with Crippen molar-refractivity contribution in [3.8, 4) is 5.75 Å². The van der Waals surface area contributed by atoms with E-state index in [9.17, 15) is 13.2 Å². The molecule has 1 saturated heterocycles. The highest BCUT2D eigenvalue weighted by atomic mass is 32.2. The minimum Gasteiger partial charge on any atom is -0.494 e. The number of hydrogen-bond acceptors (Lipinski definition) is 6. The smallest absolute Gasteiger partial charge is 0.243 e. The Morgan fingerprint density at radius 3 is 2.41 bits per heavy atom. The highest BCUT2D eigenvalue weighted by Gasteiger charge is 2.27. The lowest BCUT2D eigenvalue weighted by atomic mass is 10.2. The summed E-state index contributed by atoms with van der Waals surface area (Å²) in [5.74, 6) is 0.595. The largest absolute Gasteiger partial charge is 0.494 e. The standard InChI is InChI=1S/C25H35N3O5S/c1-4-27(5-2)24-13-12-22(34(30,31)28-14-17-32-18-15-28)19-23(24)26-25(29)7-6-16-33-21-10-8-20(3)9-11-21/h8-13,19H,4-7,14-18H2,1-3H3,(H,26,29). The summed E-state index contributed by atoms with van der Waals surface area (Å²) in [4.78, 5) is 15.0. The normalized spacial score (nSPS) is 14.6. The Kier molecular flexibility index (Phi) is 9.32. The van der Waals surface area contributed by atoms with Crippen LogP contribution in [-0.2, 0) is 19.6 Å². The minimum absolute atomic E-state index is 0.170. The number of carbonyl (C=O) groups is 1. The Labute approximate surface area is 202 Å². The number of benzene rings is 2. The number of sulfonamides is 1. The Balaban J connectivity index is 1.70. The number of morpholine rings is 1. The lowest BCUT2D eigenvalue weighted by Crippen LogP contribution is -2.40. The van der Waals surface area contributed by atoms with Gasteiger partial charge in [-0.15, -0.1) is 0 Å². The van der Waals surface area contributed by atoms with Gasteiger partial charge in [-0.3, -0.25) is 4.79 Å². The number of aryl methyl sites for hydroxylation is 1. The van der Waals surface area contributed by atoms with Gasteiger partial charge in [0.2, 0.25) is 15.9 Å². The molecule has 3 rings (SSSR count). The SMILES string of the molecule is CCN(CC)c1ccc(S(=O)(=O)N2CCOCC2)cc1NC(=O)CCCOc1ccc(C)cc1. The number of ether oxygens (including phenoxy) is 2. The summed E-state index contributed by atoms with van der Waals surface area (Å²) < 4.78 is 38.7. The molecular weight excluding hydrogens is 454 g/mol. The maximum atomic E-state index is 13.1. The molecule has 2 aromatic carbocycles. The topological polar surface area (TPSA) is 88.2 Å². The van der Waals surface area contributed by atoms with Crippen molar-refractivity contribution >= 4 is 27.3 Å². The molecule has 2 aromatic rings. The zero-order valence-electron chi connectivity index (χ0n) is 20.2. The molecule has 8 nitrogen and oxygen atoms in total. The zero-order chi connectivity index (χ0) is 24.6. The van der Waals surface area contributed by atoms with Gasteiger partial charge in [-0.05, 0) is 57.5 Å². The van der Waals surface area contributed by atoms with Crippen molar-refractivity contribution in [3.05, 3.63) is 48.0 Å². The Morgan fingerprint density at radius 1 is 1.09 bits per heavy atom. The number of amides is 1. The fraction of sp³-hybridized carbons (Fsp3) is 0.480. The van der Waals surface area contributed by atoms with Crippen LogP contribution in [-0.4, -0.2) is 64.6 Å². The average Bonchev–Trinajstić information content (AvgIpc) is 2.85. The number of carbonyl (C=O) groups excluding carboxylic acids is 1. The first-order valence-corrected chi connectivity index (χ1v) is 13.3. The van der Waals surface area contributed by atoms with Crippen LogP contribution in [0.5, 0.6) is 5.75 Å². The van der Waals surface area contributed by atoms with E-state index in [0.29, 0.717) is 45.0 Å². The van der Waals surface area contributed by atoms with E-state index in [4.69, 9.17) is 9.47 Å². The summed E-state index contributed by atoms with van der Waals surface area (Å²) in [5.41, 5.74) is 2.46. The molecule has 0 unspecified atom stereocenters. The minimum atomic E-state index is -3.67. The quantitative estimate of drug-likeness (QED) is 0.485. The second kappa shape index (κ2) is 12.2. The van der Waals surface area contributed by atoms with Gasteiger partial charge >= 0.3 is 0 Å². The lowest BCUT2D eigenvalue weighted by molar-refractivity contribution is -0.116. The van der Waals surface area contributed by atoms with Crippen molar-refractivity contribution in [3.63, 3.8) is 0 Å². The molecule has 1 amide bonds. The molecule has 0 aliphatic carbocycles. The number of hydrogen-bond donors (Lipinski definition) is 1. The molecular formula is C25H35N3O5S. The van der Waals surface area contributed by atoms with Crippen LogP contribution in [0.15, 0.2) is 47.4 Å². The van der Waals surface area contributed by atoms with Gasteiger partial charge in [0.1, 0.15) is 5.75 Å². The van der Waals surface area contributed by atoms with Crippen molar-refractivity contribution < 1.29 is 22.7 Å². The van der Waals surface area contributed by atoms with Gasteiger partial charge in [-0.2, -0.15) is 4.31 Å². The monoisotopic (exact) mass is 489 g/mol. The van der Waals surface area contributed by atoms with E-state index in [0.717, 1.165) is 30.1 Å². The first kappa shape index (κ1) is 26.0. The van der Waals surface area contributed by atoms with Crippen molar-refractivity contribution in [2.24, 2.45) is 0 Å². The second-order valence-electron chi connectivity index (χ2n) is 8.18. The third-order valence-electron chi connectivity index (χ3n) is 5.79. The third kappa shape index (κ3) is 6.71. The summed E-state index contributed by atoms with van der Waals surface area (Å²) in [6.07, 6.45) is 0.816. The number of nitrogens with one attached hydrogen (secondary N) is 1. The van der Waals surface area contributed by atoms with E-state index in [1.807, 2.05) is 45.0 Å². The molecule has 0 aromatic heterocycles. The van der Waals surface area contributed by atoms with Gasteiger partial charge in [0.15, 0.2) is 0 Å². The third-order valence-corrected chi connectivity index (χ3v) is 7.69. The summed E-state index contributed by atoms with van der Waals surface area (Å²) in [6.45, 7) is 9.36. The Morgan fingerprint density at radius 2 is 1.76 bits per heavy atom. The van der Waals surface area contributed by atoms with Gasteiger partial charge in [-0.25, -0.2) is 8.42 Å². The van der Waals surface area contributed by atoms with E-state index in [2.05, 4.69) is 10.2 Å². The number of nitrogens with zero attached hydrogens (tertiary/aromatic N) is 2. The van der Waals surface area contributed by atoms with Crippen LogP contribution >= 0.6 is 0 Å². The van der Waals surface area contributed by atoms with Crippen LogP contribution in [0, 0.1) is 6.92 Å². The molecule has 1 aliphatic heterocycles. The first-order chi connectivity index (χ1) is 16.3. The molecule has 1 N–H and O–H groups in total. The summed E-state index contributed by atoms with van der Waals surface area (Å²) in [6, 6.07) is 12.7. The van der Waals surface area contributed by atoms with Crippen LogP contribution < -0.4 is 15.0 Å². The second-order valence-corrected chi connectivity index (χ2v) is 10.1. The zero-order valence-corrected chi connectivity index (χ0v) is 21.1. The molecule has 34 heavy (non-hydrogen) atoms. The van der Waals surface area contributed by atoms with E-state index in [1.165, 1.54) is 4.31 Å². The van der Waals surface area contributed by atoms with Crippen LogP contribution in [0.25, 0.3) is 0 Å². The van der Waals surface area contributed by atoms with Crippen molar-refractivity contribution in [2.45, 2.75) is 38.5 Å². The van der Waals surface area contributed by atoms with Gasteiger partial charge in [0, 0.05) is 32.6 Å². The van der Waals surface area contributed by atoms with Crippen LogP contribution in [0.3, 0.4) is 0 Å². The average molecular weight is 490 g/mol. The van der Waals surface area contributed by atoms with E-state index in [1.54, 1.807) is 18.2 Å². The summed E-state index contributed by atoms with van der Waals surface area (Å²) in [5, 5.41) is 2.94. The van der Waals surface area contributed by atoms with Crippen LogP contribution in [0.1, 0.15) is 32.3 Å². The predicted octanol–water partition coefficient (Wildman–Crippen LogP) is 3.66. The highest BCUT2D eigenvalue weighted by Crippen LogP contribution is 2.30. The molecule has 1 heterocycles. The Bertz CT molecular complexity index is 1050. The molecule has 0 saturated carbocycles. The molecule has 0 bridgehead atoms. The van der Waals surface area contributed by atoms with E-state index < -0.39 is 10.0 Å². The summed E-state index contributed by atoms with van der Waals surface area (Å²) in [7, 11) is -3.67. The highest BCUT2D eigenvalue weighted by molar-refractivity contribution is 7.89. The molecule has 1 fully saturated rings. The first-order valence-electron chi connectivity index (χ1n) is 11.8. The Hall–Kier alpha value is -2.62. The van der Waals surface area contributed by atoms with E-state index in [-0.39, 0.29) is 17.2 Å². The maximum Gasteiger partial charge on any atom is 0.243 e. The van der Waals surface area contributed by atoms with Crippen LogP contribution in [0.4, 0.5) is 11.4 Å². The lowest BCUT2D eigenvalue weighted by Gasteiger charge is -2.28. The molecule has 0 atom stereocenters. The van der Waals surface area contributed by atoms with Gasteiger partial charge < -0.3 is 19.7 Å². The maximum absolute atomic E-state index is 13.1. The molecule has 0 spiro atoms.